The summed E-state index contributed by atoms with van der Waals surface area (Å²) < 4.78 is 2.22. The molecule has 0 atom stereocenters. The summed E-state index contributed by atoms with van der Waals surface area (Å²) >= 11 is 1.41. The maximum atomic E-state index is 12.7. The molecule has 2 fully saturated rings. The number of para-hydroxylation sites is 1. The van der Waals surface area contributed by atoms with Crippen LogP contribution in [0.25, 0.3) is 0 Å². The molecule has 1 saturated heterocycles. The highest BCUT2D eigenvalue weighted by atomic mass is 32.2. The monoisotopic (exact) mass is 456 g/mol. The van der Waals surface area contributed by atoms with Crippen LogP contribution in [0.15, 0.2) is 23.4 Å². The van der Waals surface area contributed by atoms with Crippen molar-refractivity contribution in [2.45, 2.75) is 57.1 Å². The smallest absolute Gasteiger partial charge is 0.243 e. The van der Waals surface area contributed by atoms with Crippen molar-refractivity contribution in [3.05, 3.63) is 29.3 Å². The van der Waals surface area contributed by atoms with Crippen LogP contribution in [-0.4, -0.2) is 63.9 Å². The molecule has 2 aliphatic rings. The number of aromatic nitrogens is 3. The minimum absolute atomic E-state index is 0.0154. The first-order valence-corrected chi connectivity index (χ1v) is 12.4. The number of amides is 2. The van der Waals surface area contributed by atoms with Crippen LogP contribution in [0.3, 0.4) is 0 Å². The minimum Gasteiger partial charge on any atom is -0.341 e. The molecule has 0 bridgehead atoms. The van der Waals surface area contributed by atoms with Gasteiger partial charge in [-0.15, -0.1) is 10.2 Å². The average Bonchev–Trinajstić information content (AvgIpc) is 3.54. The predicted octanol–water partition coefficient (Wildman–Crippen LogP) is 3.41. The van der Waals surface area contributed by atoms with Gasteiger partial charge in [0.05, 0.1) is 12.3 Å². The summed E-state index contributed by atoms with van der Waals surface area (Å²) in [6, 6.07) is 6.33. The lowest BCUT2D eigenvalue weighted by atomic mass is 10.1. The molecule has 9 heteroatoms. The number of nitrogens with one attached hydrogen (secondary N) is 1. The van der Waals surface area contributed by atoms with Crippen molar-refractivity contribution in [3.63, 3.8) is 0 Å². The van der Waals surface area contributed by atoms with Gasteiger partial charge >= 0.3 is 0 Å². The second kappa shape index (κ2) is 9.94. The van der Waals surface area contributed by atoms with Gasteiger partial charge in [0.1, 0.15) is 0 Å². The molecule has 2 heterocycles. The molecule has 1 aromatic carbocycles. The molecule has 172 valence electrons. The van der Waals surface area contributed by atoms with E-state index in [0.717, 1.165) is 53.9 Å². The Morgan fingerprint density at radius 3 is 2.47 bits per heavy atom. The minimum atomic E-state index is -0.197. The van der Waals surface area contributed by atoms with Crippen molar-refractivity contribution in [1.82, 2.24) is 19.7 Å². The number of carbonyl (C=O) groups excluding carboxylic acids is 2. The zero-order valence-electron chi connectivity index (χ0n) is 19.1. The molecule has 1 saturated carbocycles. The highest BCUT2D eigenvalue weighted by molar-refractivity contribution is 7.99. The lowest BCUT2D eigenvalue weighted by molar-refractivity contribution is -0.131. The van der Waals surface area contributed by atoms with E-state index in [2.05, 4.69) is 25.0 Å². The van der Waals surface area contributed by atoms with Crippen molar-refractivity contribution in [1.29, 1.82) is 0 Å². The normalized spacial score (nSPS) is 16.2. The fourth-order valence-corrected chi connectivity index (χ4v) is 5.00. The number of benzene rings is 1. The molecular weight excluding hydrogens is 424 g/mol. The van der Waals surface area contributed by atoms with Gasteiger partial charge in [0.25, 0.3) is 0 Å². The van der Waals surface area contributed by atoms with E-state index in [0.29, 0.717) is 6.04 Å². The van der Waals surface area contributed by atoms with E-state index in [1.807, 2.05) is 32.0 Å². The van der Waals surface area contributed by atoms with Crippen LogP contribution in [0.2, 0.25) is 0 Å². The zero-order valence-corrected chi connectivity index (χ0v) is 20.0. The Morgan fingerprint density at radius 2 is 1.81 bits per heavy atom. The average molecular weight is 457 g/mol. The summed E-state index contributed by atoms with van der Waals surface area (Å²) in [5, 5.41) is 12.6. The summed E-state index contributed by atoms with van der Waals surface area (Å²) in [7, 11) is 1.66. The summed E-state index contributed by atoms with van der Waals surface area (Å²) in [6.45, 7) is 5.98. The van der Waals surface area contributed by atoms with Gasteiger partial charge in [-0.3, -0.25) is 14.2 Å². The van der Waals surface area contributed by atoms with E-state index in [-0.39, 0.29) is 24.1 Å². The van der Waals surface area contributed by atoms with Crippen LogP contribution in [-0.2, 0) is 9.59 Å². The quantitative estimate of drug-likeness (QED) is 0.613. The number of anilines is 2. The summed E-state index contributed by atoms with van der Waals surface area (Å²) in [5.41, 5.74) is 2.83. The Hall–Kier alpha value is -2.55. The Morgan fingerprint density at radius 1 is 1.12 bits per heavy atom. The van der Waals surface area contributed by atoms with Gasteiger partial charge in [0, 0.05) is 31.9 Å². The van der Waals surface area contributed by atoms with Crippen LogP contribution >= 0.6 is 11.8 Å². The van der Waals surface area contributed by atoms with Crippen molar-refractivity contribution in [2.24, 2.45) is 0 Å². The van der Waals surface area contributed by atoms with Crippen LogP contribution < -0.4 is 10.2 Å². The molecule has 32 heavy (non-hydrogen) atoms. The van der Waals surface area contributed by atoms with Gasteiger partial charge in [0.2, 0.25) is 17.8 Å². The zero-order chi connectivity index (χ0) is 22.7. The maximum Gasteiger partial charge on any atom is 0.243 e. The Kier molecular flexibility index (Phi) is 7.03. The first kappa shape index (κ1) is 22.6. The number of piperidine rings is 1. The van der Waals surface area contributed by atoms with Crippen LogP contribution in [0.5, 0.6) is 0 Å². The van der Waals surface area contributed by atoms with Crippen LogP contribution in [0.4, 0.5) is 11.6 Å². The Labute approximate surface area is 193 Å². The van der Waals surface area contributed by atoms with Crippen molar-refractivity contribution in [2.75, 3.05) is 42.7 Å². The largest absolute Gasteiger partial charge is 0.341 e. The lowest BCUT2D eigenvalue weighted by Crippen LogP contribution is -2.36. The molecule has 2 amide bonds. The highest BCUT2D eigenvalue weighted by Gasteiger charge is 2.32. The number of rotatable bonds is 8. The third kappa shape index (κ3) is 5.26. The number of hydrogen-bond donors (Lipinski definition) is 1. The van der Waals surface area contributed by atoms with E-state index >= 15 is 0 Å². The van der Waals surface area contributed by atoms with Gasteiger partial charge in [-0.25, -0.2) is 0 Å². The van der Waals surface area contributed by atoms with Crippen LogP contribution in [0, 0.1) is 13.8 Å². The molecule has 1 aliphatic heterocycles. The fraction of sp³-hybridized carbons (Fsp3) is 0.565. The fourth-order valence-electron chi connectivity index (χ4n) is 4.06. The summed E-state index contributed by atoms with van der Waals surface area (Å²) in [5.74, 6) is 0.884. The van der Waals surface area contributed by atoms with Gasteiger partial charge in [-0.05, 0) is 57.1 Å². The number of likely N-dealkylation sites (N-methyl/N-ethyl adjacent to an activating group) is 1. The maximum absolute atomic E-state index is 12.7. The van der Waals surface area contributed by atoms with Gasteiger partial charge in [0.15, 0.2) is 5.16 Å². The number of carbonyl (C=O) groups is 2. The summed E-state index contributed by atoms with van der Waals surface area (Å²) in [6.07, 6.45) is 5.92. The highest BCUT2D eigenvalue weighted by Crippen LogP contribution is 2.41. The molecule has 1 aromatic heterocycles. The molecule has 0 spiro atoms. The summed E-state index contributed by atoms with van der Waals surface area (Å²) in [4.78, 5) is 29.0. The third-order valence-electron chi connectivity index (χ3n) is 6.07. The van der Waals surface area contributed by atoms with E-state index in [4.69, 9.17) is 0 Å². The molecule has 1 aliphatic carbocycles. The topological polar surface area (TPSA) is 83.4 Å². The number of thioether (sulfide) groups is 1. The van der Waals surface area contributed by atoms with Gasteiger partial charge in [-0.1, -0.05) is 30.0 Å². The van der Waals surface area contributed by atoms with Gasteiger partial charge in [-0.2, -0.15) is 0 Å². The molecule has 0 radical (unpaired) electrons. The number of nitrogens with zero attached hydrogens (tertiary/aromatic N) is 5. The molecule has 0 unspecified atom stereocenters. The van der Waals surface area contributed by atoms with Crippen LogP contribution in [0.1, 0.15) is 49.3 Å². The van der Waals surface area contributed by atoms with E-state index in [1.54, 1.807) is 7.05 Å². The Balaban J connectivity index is 1.33. The third-order valence-corrected chi connectivity index (χ3v) is 7.00. The molecular formula is C23H32N6O2S. The molecule has 4 rings (SSSR count). The van der Waals surface area contributed by atoms with Crippen molar-refractivity contribution >= 4 is 35.2 Å². The van der Waals surface area contributed by atoms with Gasteiger partial charge < -0.3 is 15.1 Å². The number of aryl methyl sites for hydroxylation is 2. The van der Waals surface area contributed by atoms with E-state index in [9.17, 15) is 9.59 Å². The van der Waals surface area contributed by atoms with Crippen molar-refractivity contribution < 1.29 is 9.59 Å². The molecule has 2 aromatic rings. The second-order valence-corrected chi connectivity index (χ2v) is 9.73. The van der Waals surface area contributed by atoms with Crippen molar-refractivity contribution in [3.8, 4) is 0 Å². The SMILES string of the molecule is Cc1cccc(C)c1NC(=O)CN(C)C(=O)CSc1nnc(N2CCCCC2)n1C1CC1. The van der Waals surface area contributed by atoms with E-state index < -0.39 is 0 Å². The Bertz CT molecular complexity index is 961. The lowest BCUT2D eigenvalue weighted by Gasteiger charge is -2.27. The van der Waals surface area contributed by atoms with E-state index in [1.165, 1.54) is 35.9 Å². The first-order chi connectivity index (χ1) is 15.4. The molecule has 1 N–H and O–H groups in total. The number of hydrogen-bond acceptors (Lipinski definition) is 6. The first-order valence-electron chi connectivity index (χ1n) is 11.4. The predicted molar refractivity (Wildman–Crippen MR) is 127 cm³/mol. The second-order valence-electron chi connectivity index (χ2n) is 8.78. The molecule has 8 nitrogen and oxygen atoms in total. The standard InChI is InChI=1S/C23H32N6O2S/c1-16-8-7-9-17(2)21(16)24-19(30)14-27(3)20(31)15-32-23-26-25-22(29(23)18-10-11-18)28-12-5-4-6-13-28/h7-9,18H,4-6,10-15H2,1-3H3,(H,24,30).